The van der Waals surface area contributed by atoms with E-state index < -0.39 is 17.4 Å². The molecule has 4 heteroatoms. The number of halogens is 2. The standard InChI is InChI=1S/C11H10F2O2/c1-3-4-10(14)8-5-7(12)6-9(13)11(8)15-2/h3-6H,1-2H3. The lowest BCUT2D eigenvalue weighted by atomic mass is 10.1. The predicted octanol–water partition coefficient (Wildman–Crippen LogP) is 2.73. The lowest BCUT2D eigenvalue weighted by Crippen LogP contribution is -2.02. The average molecular weight is 212 g/mol. The largest absolute Gasteiger partial charge is 0.493 e. The van der Waals surface area contributed by atoms with Gasteiger partial charge in [0.2, 0.25) is 0 Å². The molecule has 0 aliphatic rings. The van der Waals surface area contributed by atoms with Crippen molar-refractivity contribution in [1.82, 2.24) is 0 Å². The lowest BCUT2D eigenvalue weighted by molar-refractivity contribution is 0.104. The molecular formula is C11H10F2O2. The smallest absolute Gasteiger partial charge is 0.189 e. The first kappa shape index (κ1) is 11.4. The third kappa shape index (κ3) is 2.40. The van der Waals surface area contributed by atoms with Gasteiger partial charge in [-0.2, -0.15) is 0 Å². The highest BCUT2D eigenvalue weighted by molar-refractivity contribution is 6.06. The van der Waals surface area contributed by atoms with Crippen LogP contribution in [-0.2, 0) is 0 Å². The summed E-state index contributed by atoms with van der Waals surface area (Å²) in [5.41, 5.74) is -0.117. The highest BCUT2D eigenvalue weighted by Gasteiger charge is 2.16. The zero-order chi connectivity index (χ0) is 11.4. The zero-order valence-electron chi connectivity index (χ0n) is 8.38. The molecule has 1 rings (SSSR count). The summed E-state index contributed by atoms with van der Waals surface area (Å²) >= 11 is 0. The quantitative estimate of drug-likeness (QED) is 0.568. The number of carbonyl (C=O) groups is 1. The molecule has 15 heavy (non-hydrogen) atoms. The van der Waals surface area contributed by atoms with E-state index in [-0.39, 0.29) is 11.3 Å². The number of benzene rings is 1. The van der Waals surface area contributed by atoms with Crippen molar-refractivity contribution in [3.8, 4) is 5.75 Å². The van der Waals surface area contributed by atoms with Gasteiger partial charge < -0.3 is 4.74 Å². The summed E-state index contributed by atoms with van der Waals surface area (Å²) in [5, 5.41) is 0. The number of hydrogen-bond donors (Lipinski definition) is 0. The van der Waals surface area contributed by atoms with Crippen LogP contribution in [0, 0.1) is 11.6 Å². The van der Waals surface area contributed by atoms with Gasteiger partial charge in [0, 0.05) is 6.07 Å². The fourth-order valence-electron chi connectivity index (χ4n) is 1.19. The molecule has 0 bridgehead atoms. The van der Waals surface area contributed by atoms with Crippen molar-refractivity contribution in [1.29, 1.82) is 0 Å². The minimum atomic E-state index is -0.884. The van der Waals surface area contributed by atoms with Crippen molar-refractivity contribution in [2.24, 2.45) is 0 Å². The molecule has 0 unspecified atom stereocenters. The van der Waals surface area contributed by atoms with Gasteiger partial charge in [0.1, 0.15) is 5.82 Å². The van der Waals surface area contributed by atoms with Gasteiger partial charge in [-0.25, -0.2) is 8.78 Å². The van der Waals surface area contributed by atoms with Gasteiger partial charge >= 0.3 is 0 Å². The van der Waals surface area contributed by atoms with Crippen molar-refractivity contribution < 1.29 is 18.3 Å². The maximum atomic E-state index is 13.2. The summed E-state index contributed by atoms with van der Waals surface area (Å²) in [5.74, 6) is -2.42. The molecule has 1 aromatic rings. The van der Waals surface area contributed by atoms with Crippen molar-refractivity contribution in [3.63, 3.8) is 0 Å². The van der Waals surface area contributed by atoms with Crippen LogP contribution in [0.3, 0.4) is 0 Å². The zero-order valence-corrected chi connectivity index (χ0v) is 8.38. The topological polar surface area (TPSA) is 26.3 Å². The van der Waals surface area contributed by atoms with E-state index in [0.717, 1.165) is 6.07 Å². The molecule has 0 heterocycles. The number of ether oxygens (including phenoxy) is 1. The molecule has 0 aliphatic carbocycles. The highest BCUT2D eigenvalue weighted by atomic mass is 19.1. The second-order valence-corrected chi connectivity index (χ2v) is 2.83. The van der Waals surface area contributed by atoms with Crippen molar-refractivity contribution in [2.45, 2.75) is 6.92 Å². The van der Waals surface area contributed by atoms with Crippen molar-refractivity contribution in [2.75, 3.05) is 7.11 Å². The molecule has 0 spiro atoms. The van der Waals surface area contributed by atoms with Gasteiger partial charge in [0.25, 0.3) is 0 Å². The molecule has 0 aromatic heterocycles. The molecule has 80 valence electrons. The van der Waals surface area contributed by atoms with E-state index in [9.17, 15) is 13.6 Å². The van der Waals surface area contributed by atoms with Gasteiger partial charge in [-0.15, -0.1) is 0 Å². The van der Waals surface area contributed by atoms with Crippen LogP contribution >= 0.6 is 0 Å². The molecule has 0 atom stereocenters. The van der Waals surface area contributed by atoms with Gasteiger partial charge in [0.15, 0.2) is 17.3 Å². The van der Waals surface area contributed by atoms with Gasteiger partial charge in [-0.05, 0) is 19.1 Å². The number of allylic oxidation sites excluding steroid dienone is 2. The molecule has 0 fully saturated rings. The third-order valence-electron chi connectivity index (χ3n) is 1.80. The number of methoxy groups -OCH3 is 1. The first-order valence-corrected chi connectivity index (χ1v) is 4.30. The summed E-state index contributed by atoms with van der Waals surface area (Å²) in [4.78, 5) is 11.4. The van der Waals surface area contributed by atoms with E-state index >= 15 is 0 Å². The Morgan fingerprint density at radius 3 is 2.60 bits per heavy atom. The molecule has 2 nitrogen and oxygen atoms in total. The molecule has 0 saturated heterocycles. The molecule has 0 aliphatic heterocycles. The number of rotatable bonds is 3. The van der Waals surface area contributed by atoms with E-state index in [0.29, 0.717) is 6.07 Å². The minimum absolute atomic E-state index is 0.117. The fraction of sp³-hybridized carbons (Fsp3) is 0.182. The van der Waals surface area contributed by atoms with E-state index in [1.807, 2.05) is 0 Å². The van der Waals surface area contributed by atoms with Gasteiger partial charge in [-0.3, -0.25) is 4.79 Å². The first-order valence-electron chi connectivity index (χ1n) is 4.30. The number of carbonyl (C=O) groups excluding carboxylic acids is 1. The Hall–Kier alpha value is -1.71. The summed E-state index contributed by atoms with van der Waals surface area (Å²) < 4.78 is 30.7. The molecule has 1 aromatic carbocycles. The van der Waals surface area contributed by atoms with Crippen LogP contribution in [0.4, 0.5) is 8.78 Å². The lowest BCUT2D eigenvalue weighted by Gasteiger charge is -2.06. The van der Waals surface area contributed by atoms with Crippen LogP contribution in [0.1, 0.15) is 17.3 Å². The minimum Gasteiger partial charge on any atom is -0.493 e. The van der Waals surface area contributed by atoms with E-state index in [2.05, 4.69) is 0 Å². The maximum absolute atomic E-state index is 13.2. The summed E-state index contributed by atoms with van der Waals surface area (Å²) in [6, 6.07) is 1.62. The summed E-state index contributed by atoms with van der Waals surface area (Å²) in [6.07, 6.45) is 2.71. The third-order valence-corrected chi connectivity index (χ3v) is 1.80. The second-order valence-electron chi connectivity index (χ2n) is 2.83. The molecule has 0 saturated carbocycles. The van der Waals surface area contributed by atoms with Crippen LogP contribution in [0.25, 0.3) is 0 Å². The predicted molar refractivity (Wildman–Crippen MR) is 52.1 cm³/mol. The van der Waals surface area contributed by atoms with Gasteiger partial charge in [-0.1, -0.05) is 6.08 Å². The Morgan fingerprint density at radius 2 is 2.07 bits per heavy atom. The normalized spacial score (nSPS) is 10.7. The fourth-order valence-corrected chi connectivity index (χ4v) is 1.19. The van der Waals surface area contributed by atoms with Crippen LogP contribution in [-0.4, -0.2) is 12.9 Å². The van der Waals surface area contributed by atoms with Crippen molar-refractivity contribution in [3.05, 3.63) is 41.5 Å². The Balaban J connectivity index is 3.32. The van der Waals surface area contributed by atoms with E-state index in [4.69, 9.17) is 4.74 Å². The molecule has 0 N–H and O–H groups in total. The van der Waals surface area contributed by atoms with E-state index in [1.54, 1.807) is 6.92 Å². The Bertz CT molecular complexity index is 411. The summed E-state index contributed by atoms with van der Waals surface area (Å²) in [6.45, 7) is 1.64. The monoisotopic (exact) mass is 212 g/mol. The molecular weight excluding hydrogens is 202 g/mol. The Morgan fingerprint density at radius 1 is 1.40 bits per heavy atom. The summed E-state index contributed by atoms with van der Waals surface area (Å²) in [7, 11) is 1.22. The van der Waals surface area contributed by atoms with Crippen LogP contribution in [0.5, 0.6) is 5.75 Å². The highest BCUT2D eigenvalue weighted by Crippen LogP contribution is 2.24. The average Bonchev–Trinajstić information content (AvgIpc) is 2.17. The van der Waals surface area contributed by atoms with Crippen LogP contribution in [0.15, 0.2) is 24.3 Å². The van der Waals surface area contributed by atoms with Crippen molar-refractivity contribution >= 4 is 5.78 Å². The van der Waals surface area contributed by atoms with Crippen LogP contribution < -0.4 is 4.74 Å². The first-order chi connectivity index (χ1) is 7.10. The van der Waals surface area contributed by atoms with E-state index in [1.165, 1.54) is 19.3 Å². The Kier molecular flexibility index (Phi) is 3.55. The number of hydrogen-bond acceptors (Lipinski definition) is 2. The molecule has 0 radical (unpaired) electrons. The molecule has 0 amide bonds. The Labute approximate surface area is 86.2 Å². The second kappa shape index (κ2) is 4.68. The van der Waals surface area contributed by atoms with Crippen LogP contribution in [0.2, 0.25) is 0 Å². The van der Waals surface area contributed by atoms with Gasteiger partial charge in [0.05, 0.1) is 12.7 Å². The maximum Gasteiger partial charge on any atom is 0.189 e. The SMILES string of the molecule is CC=CC(=O)c1cc(F)cc(F)c1OC. The number of ketones is 1.